The highest BCUT2D eigenvalue weighted by molar-refractivity contribution is 5.91. The van der Waals surface area contributed by atoms with Crippen LogP contribution in [0.25, 0.3) is 16.6 Å². The van der Waals surface area contributed by atoms with Gasteiger partial charge in [-0.1, -0.05) is 23.8 Å². The standard InChI is InChI=1S/C26H27N5O2/c1-15-5-8-22(18(4)10-15)31-25-21(13-27-31)24(19-6-7-19)29-30(26(25)33)14-23(32)28-20-11-16(2)9-17(3)12-20/h5,8-13,19H,6-7,14H2,1-4H3,(H,28,32). The molecule has 0 saturated heterocycles. The zero-order valence-electron chi connectivity index (χ0n) is 19.3. The van der Waals surface area contributed by atoms with Crippen LogP contribution in [0.2, 0.25) is 0 Å². The minimum Gasteiger partial charge on any atom is -0.324 e. The molecule has 0 aliphatic heterocycles. The molecule has 7 heteroatoms. The topological polar surface area (TPSA) is 81.8 Å². The summed E-state index contributed by atoms with van der Waals surface area (Å²) in [6.45, 7) is 7.86. The number of nitrogens with zero attached hydrogens (tertiary/aromatic N) is 4. The quantitative estimate of drug-likeness (QED) is 0.500. The van der Waals surface area contributed by atoms with Crippen molar-refractivity contribution in [1.82, 2.24) is 19.6 Å². The Morgan fingerprint density at radius 2 is 1.76 bits per heavy atom. The summed E-state index contributed by atoms with van der Waals surface area (Å²) in [5.41, 5.74) is 6.88. The van der Waals surface area contributed by atoms with Crippen molar-refractivity contribution in [2.24, 2.45) is 0 Å². The predicted octanol–water partition coefficient (Wildman–Crippen LogP) is 4.33. The van der Waals surface area contributed by atoms with Crippen LogP contribution in [0.15, 0.2) is 47.4 Å². The van der Waals surface area contributed by atoms with Gasteiger partial charge in [0.05, 0.1) is 17.6 Å². The van der Waals surface area contributed by atoms with Gasteiger partial charge in [-0.3, -0.25) is 9.59 Å². The first-order valence-corrected chi connectivity index (χ1v) is 11.2. The summed E-state index contributed by atoms with van der Waals surface area (Å²) in [6, 6.07) is 11.9. The molecule has 168 valence electrons. The fraction of sp³-hybridized carbons (Fsp3) is 0.308. The third-order valence-corrected chi connectivity index (χ3v) is 6.05. The van der Waals surface area contributed by atoms with Crippen LogP contribution in [-0.4, -0.2) is 25.5 Å². The third-order valence-electron chi connectivity index (χ3n) is 6.05. The van der Waals surface area contributed by atoms with Crippen molar-refractivity contribution in [3.63, 3.8) is 0 Å². The summed E-state index contributed by atoms with van der Waals surface area (Å²) in [4.78, 5) is 26.4. The Morgan fingerprint density at radius 3 is 2.42 bits per heavy atom. The van der Waals surface area contributed by atoms with E-state index in [4.69, 9.17) is 0 Å². The zero-order valence-corrected chi connectivity index (χ0v) is 19.3. The molecule has 1 aliphatic rings. The number of amides is 1. The van der Waals surface area contributed by atoms with Gasteiger partial charge in [0.1, 0.15) is 12.1 Å². The summed E-state index contributed by atoms with van der Waals surface area (Å²) in [7, 11) is 0. The van der Waals surface area contributed by atoms with Crippen molar-refractivity contribution in [3.8, 4) is 5.69 Å². The summed E-state index contributed by atoms with van der Waals surface area (Å²) >= 11 is 0. The van der Waals surface area contributed by atoms with E-state index in [1.807, 2.05) is 58.0 Å². The normalized spacial score (nSPS) is 13.5. The molecule has 1 amide bonds. The molecule has 5 rings (SSSR count). The largest absolute Gasteiger partial charge is 0.324 e. The van der Waals surface area contributed by atoms with Gasteiger partial charge in [-0.05, 0) is 75.4 Å². The van der Waals surface area contributed by atoms with Crippen LogP contribution in [0.5, 0.6) is 0 Å². The van der Waals surface area contributed by atoms with Crippen LogP contribution >= 0.6 is 0 Å². The number of benzene rings is 2. The lowest BCUT2D eigenvalue weighted by atomic mass is 10.1. The average Bonchev–Trinajstić information content (AvgIpc) is 3.48. The summed E-state index contributed by atoms with van der Waals surface area (Å²) in [5.74, 6) is 0.0203. The lowest BCUT2D eigenvalue weighted by Gasteiger charge is -2.12. The van der Waals surface area contributed by atoms with Crippen molar-refractivity contribution >= 4 is 22.5 Å². The summed E-state index contributed by atoms with van der Waals surface area (Å²) in [5, 5.41) is 12.8. The van der Waals surface area contributed by atoms with Crippen molar-refractivity contribution < 1.29 is 4.79 Å². The zero-order chi connectivity index (χ0) is 23.3. The van der Waals surface area contributed by atoms with Gasteiger partial charge in [-0.15, -0.1) is 0 Å². The number of carbonyl (C=O) groups is 1. The first kappa shape index (κ1) is 21.1. The van der Waals surface area contributed by atoms with Crippen molar-refractivity contribution in [2.75, 3.05) is 5.32 Å². The van der Waals surface area contributed by atoms with E-state index in [1.165, 1.54) is 4.68 Å². The molecule has 7 nitrogen and oxygen atoms in total. The number of nitrogens with one attached hydrogen (secondary N) is 1. The number of anilines is 1. The summed E-state index contributed by atoms with van der Waals surface area (Å²) < 4.78 is 2.98. The molecule has 33 heavy (non-hydrogen) atoms. The highest BCUT2D eigenvalue weighted by Gasteiger charge is 2.30. The molecule has 1 aliphatic carbocycles. The fourth-order valence-corrected chi connectivity index (χ4v) is 4.47. The second-order valence-electron chi connectivity index (χ2n) is 9.16. The predicted molar refractivity (Wildman–Crippen MR) is 129 cm³/mol. The number of carbonyl (C=O) groups excluding carboxylic acids is 1. The van der Waals surface area contributed by atoms with Gasteiger partial charge in [0.15, 0.2) is 0 Å². The number of aromatic nitrogens is 4. The third kappa shape index (κ3) is 4.06. The molecule has 1 N–H and O–H groups in total. The van der Waals surface area contributed by atoms with Crippen LogP contribution < -0.4 is 10.9 Å². The average molecular weight is 442 g/mol. The molecule has 2 aromatic heterocycles. The van der Waals surface area contributed by atoms with Crippen molar-refractivity contribution in [1.29, 1.82) is 0 Å². The molecule has 0 atom stereocenters. The van der Waals surface area contributed by atoms with Gasteiger partial charge in [-0.25, -0.2) is 9.36 Å². The SMILES string of the molecule is Cc1cc(C)cc(NC(=O)Cn2nc(C3CC3)c3cnn(-c4ccc(C)cc4C)c3c2=O)c1. The maximum atomic E-state index is 13.5. The van der Waals surface area contributed by atoms with Gasteiger partial charge in [-0.2, -0.15) is 10.2 Å². The molecular formula is C26H27N5O2. The highest BCUT2D eigenvalue weighted by atomic mass is 16.2. The second kappa shape index (κ2) is 7.99. The fourth-order valence-electron chi connectivity index (χ4n) is 4.47. The van der Waals surface area contributed by atoms with E-state index in [-0.39, 0.29) is 18.0 Å². The summed E-state index contributed by atoms with van der Waals surface area (Å²) in [6.07, 6.45) is 3.80. The Bertz CT molecular complexity index is 1440. The molecule has 0 bridgehead atoms. The number of hydrogen-bond donors (Lipinski definition) is 1. The molecule has 0 radical (unpaired) electrons. The number of fused-ring (bicyclic) bond motifs is 1. The van der Waals surface area contributed by atoms with E-state index in [1.54, 1.807) is 10.9 Å². The number of aryl methyl sites for hydroxylation is 4. The Kier molecular flexibility index (Phi) is 5.12. The van der Waals surface area contributed by atoms with Crippen LogP contribution in [-0.2, 0) is 11.3 Å². The monoisotopic (exact) mass is 441 g/mol. The second-order valence-corrected chi connectivity index (χ2v) is 9.16. The molecule has 1 saturated carbocycles. The van der Waals surface area contributed by atoms with Gasteiger partial charge in [0.2, 0.25) is 5.91 Å². The molecule has 2 heterocycles. The van der Waals surface area contributed by atoms with E-state index in [0.717, 1.165) is 57.6 Å². The Labute approximate surface area is 192 Å². The van der Waals surface area contributed by atoms with Gasteiger partial charge < -0.3 is 5.32 Å². The van der Waals surface area contributed by atoms with Crippen LogP contribution in [0.4, 0.5) is 5.69 Å². The van der Waals surface area contributed by atoms with Crippen molar-refractivity contribution in [2.45, 2.75) is 53.0 Å². The number of rotatable bonds is 5. The molecule has 4 aromatic rings. The van der Waals surface area contributed by atoms with E-state index >= 15 is 0 Å². The van der Waals surface area contributed by atoms with Crippen LogP contribution in [0, 0.1) is 27.7 Å². The van der Waals surface area contributed by atoms with E-state index in [9.17, 15) is 9.59 Å². The first-order valence-electron chi connectivity index (χ1n) is 11.2. The highest BCUT2D eigenvalue weighted by Crippen LogP contribution is 2.41. The van der Waals surface area contributed by atoms with Gasteiger partial charge in [0.25, 0.3) is 5.56 Å². The Hall–Kier alpha value is -3.74. The smallest absolute Gasteiger partial charge is 0.293 e. The maximum Gasteiger partial charge on any atom is 0.293 e. The molecule has 1 fully saturated rings. The molecule has 0 unspecified atom stereocenters. The van der Waals surface area contributed by atoms with Crippen molar-refractivity contribution in [3.05, 3.63) is 80.9 Å². The molecule has 2 aromatic carbocycles. The lowest BCUT2D eigenvalue weighted by molar-refractivity contribution is -0.117. The van der Waals surface area contributed by atoms with Gasteiger partial charge >= 0.3 is 0 Å². The molecular weight excluding hydrogens is 414 g/mol. The Balaban J connectivity index is 1.57. The van der Waals surface area contributed by atoms with E-state index < -0.39 is 0 Å². The van der Waals surface area contributed by atoms with E-state index in [2.05, 4.69) is 21.6 Å². The van der Waals surface area contributed by atoms with Crippen LogP contribution in [0.1, 0.15) is 46.7 Å². The first-order chi connectivity index (χ1) is 15.8. The minimum absolute atomic E-state index is 0.153. The lowest BCUT2D eigenvalue weighted by Crippen LogP contribution is -2.31. The van der Waals surface area contributed by atoms with Crippen LogP contribution in [0.3, 0.4) is 0 Å². The van der Waals surface area contributed by atoms with Gasteiger partial charge in [0, 0.05) is 17.0 Å². The minimum atomic E-state index is -0.317. The molecule has 0 spiro atoms. The Morgan fingerprint density at radius 1 is 1.03 bits per heavy atom. The number of hydrogen-bond acceptors (Lipinski definition) is 4. The maximum absolute atomic E-state index is 13.5. The van der Waals surface area contributed by atoms with E-state index in [0.29, 0.717) is 11.4 Å².